The van der Waals surface area contributed by atoms with Gasteiger partial charge in [-0.3, -0.25) is 9.59 Å². The maximum Gasteiger partial charge on any atom is 0.308 e. The van der Waals surface area contributed by atoms with E-state index < -0.39 is 29.6 Å². The van der Waals surface area contributed by atoms with E-state index in [1.165, 1.54) is 13.0 Å². The number of carboxylic acid groups (broad SMARTS) is 1. The minimum absolute atomic E-state index is 0.00174. The number of carboxylic acids is 1. The molecule has 7 heteroatoms. The Balaban J connectivity index is 2.47. The Morgan fingerprint density at radius 1 is 1.30 bits per heavy atom. The summed E-state index contributed by atoms with van der Waals surface area (Å²) in [7, 11) is 0. The number of carbonyl (C=O) groups is 2. The van der Waals surface area contributed by atoms with Gasteiger partial charge < -0.3 is 10.4 Å². The highest BCUT2D eigenvalue weighted by Crippen LogP contribution is 2.20. The fourth-order valence-electron chi connectivity index (χ4n) is 1.35. The monoisotopic (exact) mass is 303 g/mol. The summed E-state index contributed by atoms with van der Waals surface area (Å²) in [5.74, 6) is -3.97. The molecular formula is C13H15F2NO3S. The average molecular weight is 303 g/mol. The summed E-state index contributed by atoms with van der Waals surface area (Å²) in [4.78, 5) is 22.8. The Bertz CT molecular complexity index is 510. The third-order valence-corrected chi connectivity index (χ3v) is 3.78. The van der Waals surface area contributed by atoms with Crippen molar-refractivity contribution in [2.75, 3.05) is 5.75 Å². The molecule has 0 bridgehead atoms. The zero-order valence-electron chi connectivity index (χ0n) is 11.0. The molecule has 1 amide bonds. The Kier molecular flexibility index (Phi) is 5.94. The van der Waals surface area contributed by atoms with Crippen molar-refractivity contribution >= 4 is 23.6 Å². The molecule has 0 radical (unpaired) electrons. The molecule has 0 heterocycles. The number of carbonyl (C=O) groups excluding carboxylic acids is 1. The second-order valence-electron chi connectivity index (χ2n) is 4.35. The third kappa shape index (κ3) is 4.80. The maximum atomic E-state index is 13.0. The lowest BCUT2D eigenvalue weighted by molar-refractivity contribution is -0.142. The lowest BCUT2D eigenvalue weighted by Gasteiger charge is -2.17. The number of nitrogens with one attached hydrogen (secondary N) is 1. The molecule has 1 aromatic rings. The summed E-state index contributed by atoms with van der Waals surface area (Å²) in [5, 5.41) is 11.3. The Morgan fingerprint density at radius 3 is 2.50 bits per heavy atom. The van der Waals surface area contributed by atoms with E-state index in [1.807, 2.05) is 0 Å². The molecule has 0 aliphatic heterocycles. The molecule has 0 aromatic heterocycles. The van der Waals surface area contributed by atoms with Crippen molar-refractivity contribution in [1.82, 2.24) is 5.32 Å². The van der Waals surface area contributed by atoms with Crippen LogP contribution in [-0.4, -0.2) is 28.8 Å². The van der Waals surface area contributed by atoms with Gasteiger partial charge >= 0.3 is 5.97 Å². The van der Waals surface area contributed by atoms with Gasteiger partial charge in [-0.05, 0) is 32.0 Å². The molecule has 4 nitrogen and oxygen atoms in total. The van der Waals surface area contributed by atoms with Gasteiger partial charge in [0.2, 0.25) is 5.91 Å². The number of hydrogen-bond acceptors (Lipinski definition) is 3. The van der Waals surface area contributed by atoms with Gasteiger partial charge in [-0.2, -0.15) is 0 Å². The van der Waals surface area contributed by atoms with Gasteiger partial charge in [0, 0.05) is 10.9 Å². The van der Waals surface area contributed by atoms with Gasteiger partial charge in [0.25, 0.3) is 0 Å². The van der Waals surface area contributed by atoms with Crippen LogP contribution in [0.15, 0.2) is 23.1 Å². The highest BCUT2D eigenvalue weighted by molar-refractivity contribution is 8.00. The van der Waals surface area contributed by atoms with Crippen LogP contribution in [0.4, 0.5) is 8.78 Å². The topological polar surface area (TPSA) is 66.4 Å². The molecule has 0 aliphatic carbocycles. The zero-order chi connectivity index (χ0) is 15.3. The summed E-state index contributed by atoms with van der Waals surface area (Å²) in [6.45, 7) is 3.09. The molecule has 0 spiro atoms. The molecule has 2 unspecified atom stereocenters. The normalized spacial score (nSPS) is 13.6. The first kappa shape index (κ1) is 16.4. The molecule has 2 N–H and O–H groups in total. The zero-order valence-corrected chi connectivity index (χ0v) is 11.8. The predicted molar refractivity (Wildman–Crippen MR) is 71.5 cm³/mol. The number of thioether (sulfide) groups is 1. The van der Waals surface area contributed by atoms with E-state index in [0.717, 1.165) is 23.9 Å². The lowest BCUT2D eigenvalue weighted by Crippen LogP contribution is -2.40. The molecule has 20 heavy (non-hydrogen) atoms. The SMILES string of the molecule is CC(NC(=O)CSc1ccc(F)c(F)c1)C(C)C(=O)O. The highest BCUT2D eigenvalue weighted by atomic mass is 32.2. The molecular weight excluding hydrogens is 288 g/mol. The number of rotatable bonds is 6. The van der Waals surface area contributed by atoms with E-state index >= 15 is 0 Å². The number of amides is 1. The third-order valence-electron chi connectivity index (χ3n) is 2.79. The highest BCUT2D eigenvalue weighted by Gasteiger charge is 2.20. The summed E-state index contributed by atoms with van der Waals surface area (Å²) >= 11 is 1.05. The van der Waals surface area contributed by atoms with Crippen molar-refractivity contribution in [2.45, 2.75) is 24.8 Å². The lowest BCUT2D eigenvalue weighted by atomic mass is 10.0. The van der Waals surface area contributed by atoms with Crippen LogP contribution in [0.2, 0.25) is 0 Å². The smallest absolute Gasteiger partial charge is 0.308 e. The Labute approximate surface area is 119 Å². The number of halogens is 2. The van der Waals surface area contributed by atoms with E-state index in [1.54, 1.807) is 6.92 Å². The van der Waals surface area contributed by atoms with Gasteiger partial charge in [0.1, 0.15) is 0 Å². The van der Waals surface area contributed by atoms with Crippen LogP contribution < -0.4 is 5.32 Å². The van der Waals surface area contributed by atoms with E-state index in [-0.39, 0.29) is 11.7 Å². The fraction of sp³-hybridized carbons (Fsp3) is 0.385. The molecule has 1 aromatic carbocycles. The van der Waals surface area contributed by atoms with E-state index in [9.17, 15) is 18.4 Å². The van der Waals surface area contributed by atoms with Crippen molar-refractivity contribution in [2.24, 2.45) is 5.92 Å². The molecule has 0 saturated carbocycles. The first-order valence-electron chi connectivity index (χ1n) is 5.91. The summed E-state index contributed by atoms with van der Waals surface area (Å²) in [6, 6.07) is 2.87. The van der Waals surface area contributed by atoms with Gasteiger partial charge in [-0.25, -0.2) is 8.78 Å². The van der Waals surface area contributed by atoms with Crippen LogP contribution >= 0.6 is 11.8 Å². The minimum atomic E-state index is -0.994. The largest absolute Gasteiger partial charge is 0.481 e. The molecule has 110 valence electrons. The van der Waals surface area contributed by atoms with Crippen molar-refractivity contribution in [3.05, 3.63) is 29.8 Å². The molecule has 0 aliphatic rings. The minimum Gasteiger partial charge on any atom is -0.481 e. The second-order valence-corrected chi connectivity index (χ2v) is 5.40. The van der Waals surface area contributed by atoms with E-state index in [4.69, 9.17) is 5.11 Å². The molecule has 2 atom stereocenters. The number of benzene rings is 1. The van der Waals surface area contributed by atoms with Crippen LogP contribution in [-0.2, 0) is 9.59 Å². The summed E-state index contributed by atoms with van der Waals surface area (Å²) in [5.41, 5.74) is 0. The van der Waals surface area contributed by atoms with E-state index in [0.29, 0.717) is 4.90 Å². The first-order chi connectivity index (χ1) is 9.31. The van der Waals surface area contributed by atoms with Crippen molar-refractivity contribution in [3.63, 3.8) is 0 Å². The number of aliphatic carboxylic acids is 1. The van der Waals surface area contributed by atoms with Gasteiger partial charge in [-0.15, -0.1) is 11.8 Å². The van der Waals surface area contributed by atoms with Crippen molar-refractivity contribution < 1.29 is 23.5 Å². The van der Waals surface area contributed by atoms with Crippen LogP contribution in [0.25, 0.3) is 0 Å². The van der Waals surface area contributed by atoms with Gasteiger partial charge in [-0.1, -0.05) is 0 Å². The van der Waals surface area contributed by atoms with Crippen LogP contribution in [0.5, 0.6) is 0 Å². The summed E-state index contributed by atoms with van der Waals surface area (Å²) in [6.07, 6.45) is 0. The van der Waals surface area contributed by atoms with E-state index in [2.05, 4.69) is 5.32 Å². The average Bonchev–Trinajstić information content (AvgIpc) is 2.39. The quantitative estimate of drug-likeness (QED) is 0.791. The maximum absolute atomic E-state index is 13.0. The van der Waals surface area contributed by atoms with Crippen LogP contribution in [0, 0.1) is 17.6 Å². The van der Waals surface area contributed by atoms with Gasteiger partial charge in [0.05, 0.1) is 11.7 Å². The first-order valence-corrected chi connectivity index (χ1v) is 6.90. The second kappa shape index (κ2) is 7.23. The Morgan fingerprint density at radius 2 is 1.95 bits per heavy atom. The Hall–Kier alpha value is -1.63. The fourth-order valence-corrected chi connectivity index (χ4v) is 2.08. The summed E-state index contributed by atoms with van der Waals surface area (Å²) < 4.78 is 25.7. The molecule has 0 fully saturated rings. The predicted octanol–water partition coefficient (Wildman–Crippen LogP) is 2.28. The van der Waals surface area contributed by atoms with Crippen molar-refractivity contribution in [1.29, 1.82) is 0 Å². The van der Waals surface area contributed by atoms with Crippen molar-refractivity contribution in [3.8, 4) is 0 Å². The van der Waals surface area contributed by atoms with Crippen LogP contribution in [0.3, 0.4) is 0 Å². The molecule has 0 saturated heterocycles. The number of hydrogen-bond donors (Lipinski definition) is 2. The standard InChI is InChI=1S/C13H15F2NO3S/c1-7(13(18)19)8(2)16-12(17)6-20-9-3-4-10(14)11(15)5-9/h3-5,7-8H,6H2,1-2H3,(H,16,17)(H,18,19). The van der Waals surface area contributed by atoms with Gasteiger partial charge in [0.15, 0.2) is 11.6 Å². The van der Waals surface area contributed by atoms with Crippen LogP contribution in [0.1, 0.15) is 13.8 Å². The molecule has 1 rings (SSSR count).